The smallest absolute Gasteiger partial charge is 0.0731 e. The summed E-state index contributed by atoms with van der Waals surface area (Å²) in [7, 11) is 0. The molecular weight excluding hydrogens is 791 g/mol. The van der Waals surface area contributed by atoms with E-state index in [1.54, 1.807) is 0 Å². The third-order valence-corrected chi connectivity index (χ3v) is 9.37. The summed E-state index contributed by atoms with van der Waals surface area (Å²) >= 11 is 0. The topological polar surface area (TPSA) is 64.5 Å². The molecule has 0 saturated heterocycles. The van der Waals surface area contributed by atoms with E-state index in [4.69, 9.17) is 0 Å². The second kappa shape index (κ2) is 33.7. The normalized spacial score (nSPS) is 9.15. The molecule has 0 N–H and O–H groups in total. The lowest BCUT2D eigenvalue weighted by atomic mass is 10.1. The maximum Gasteiger partial charge on any atom is 0.0731 e. The molecule has 5 heteroatoms. The standard InChI is InChI=1S/5C10H9N.5C2H6/c1-8-4-2-6-10-9(8)5-3-7-11-10;1-8-4-2-5-9-6-3-7-11-10(8)9;1-8-3-2-4-9-7-11-6-5-10(8)9;1-8-3-2-4-9-5-6-11-7-10(8)9;1-8-6-7-11-10-5-3-2-4-9(8)10;5*1-2/h5*2-7H,1H3;5*1-2H3. The van der Waals surface area contributed by atoms with Crippen LogP contribution < -0.4 is 0 Å². The number of pyridine rings is 5. The van der Waals surface area contributed by atoms with Crippen molar-refractivity contribution in [3.8, 4) is 0 Å². The predicted molar refractivity (Wildman–Crippen MR) is 289 cm³/mol. The molecule has 10 aromatic rings. The van der Waals surface area contributed by atoms with Crippen molar-refractivity contribution in [1.29, 1.82) is 0 Å². The Labute approximate surface area is 392 Å². The van der Waals surface area contributed by atoms with Crippen molar-refractivity contribution in [2.45, 2.75) is 104 Å². The minimum atomic E-state index is 1.08. The molecule has 0 radical (unpaired) electrons. The summed E-state index contributed by atoms with van der Waals surface area (Å²) in [6.45, 7) is 30.5. The van der Waals surface area contributed by atoms with Crippen LogP contribution in [-0.4, -0.2) is 24.9 Å². The maximum absolute atomic E-state index is 4.28. The Morgan fingerprint density at radius 2 is 0.692 bits per heavy atom. The summed E-state index contributed by atoms with van der Waals surface area (Å²) in [6, 6.07) is 47.3. The number of nitrogens with zero attached hydrogens (tertiary/aromatic N) is 5. The fourth-order valence-electron chi connectivity index (χ4n) is 6.30. The van der Waals surface area contributed by atoms with E-state index in [-0.39, 0.29) is 0 Å². The molecule has 0 aliphatic heterocycles. The van der Waals surface area contributed by atoms with E-state index in [1.165, 1.54) is 65.5 Å². The number of aryl methyl sites for hydroxylation is 5. The Hall–Kier alpha value is -6.85. The summed E-state index contributed by atoms with van der Waals surface area (Å²) in [5, 5.41) is 8.72. The van der Waals surface area contributed by atoms with Crippen molar-refractivity contribution in [1.82, 2.24) is 24.9 Å². The minimum absolute atomic E-state index is 1.08. The zero-order chi connectivity index (χ0) is 48.4. The Bertz CT molecular complexity index is 2320. The van der Waals surface area contributed by atoms with E-state index in [1.807, 2.05) is 173 Å². The molecule has 0 spiro atoms. The summed E-state index contributed by atoms with van der Waals surface area (Å²) in [4.78, 5) is 20.9. The first-order chi connectivity index (χ1) is 31.9. The summed E-state index contributed by atoms with van der Waals surface area (Å²) in [6.07, 6.45) is 12.9. The van der Waals surface area contributed by atoms with Crippen LogP contribution in [0.5, 0.6) is 0 Å². The first-order valence-corrected chi connectivity index (χ1v) is 23.4. The van der Waals surface area contributed by atoms with Gasteiger partial charge in [-0.3, -0.25) is 24.9 Å². The maximum atomic E-state index is 4.28. The van der Waals surface area contributed by atoms with Crippen molar-refractivity contribution in [3.63, 3.8) is 0 Å². The van der Waals surface area contributed by atoms with Crippen LogP contribution in [0.3, 0.4) is 0 Å². The molecule has 0 aliphatic carbocycles. The van der Waals surface area contributed by atoms with Crippen LogP contribution in [0.4, 0.5) is 0 Å². The van der Waals surface area contributed by atoms with Gasteiger partial charge in [0.25, 0.3) is 0 Å². The highest BCUT2D eigenvalue weighted by molar-refractivity contribution is 5.86. The number of hydrogen-bond donors (Lipinski definition) is 0. The second-order valence-electron chi connectivity index (χ2n) is 13.3. The number of rotatable bonds is 0. The van der Waals surface area contributed by atoms with Gasteiger partial charge in [-0.05, 0) is 116 Å². The Morgan fingerprint density at radius 1 is 0.262 bits per heavy atom. The van der Waals surface area contributed by atoms with E-state index in [9.17, 15) is 0 Å². The minimum Gasteiger partial charge on any atom is -0.264 e. The number of benzene rings is 5. The predicted octanol–water partition coefficient (Wildman–Crippen LogP) is 17.8. The van der Waals surface area contributed by atoms with Crippen LogP contribution in [0, 0.1) is 34.6 Å². The highest BCUT2D eigenvalue weighted by Gasteiger charge is 1.97. The molecule has 0 atom stereocenters. The second-order valence-corrected chi connectivity index (χ2v) is 13.3. The van der Waals surface area contributed by atoms with E-state index in [0.29, 0.717) is 0 Å². The molecular formula is C60H75N5. The van der Waals surface area contributed by atoms with Gasteiger partial charge in [0, 0.05) is 70.3 Å². The molecule has 5 aromatic heterocycles. The molecule has 340 valence electrons. The van der Waals surface area contributed by atoms with Crippen LogP contribution in [0.15, 0.2) is 183 Å². The summed E-state index contributed by atoms with van der Waals surface area (Å²) < 4.78 is 0. The molecule has 0 unspecified atom stereocenters. The molecule has 65 heavy (non-hydrogen) atoms. The first kappa shape index (κ1) is 56.2. The average molecular weight is 866 g/mol. The lowest BCUT2D eigenvalue weighted by molar-refractivity contribution is 1.35. The van der Waals surface area contributed by atoms with Gasteiger partial charge in [0.05, 0.1) is 16.6 Å². The van der Waals surface area contributed by atoms with Crippen LogP contribution in [0.25, 0.3) is 54.3 Å². The molecule has 5 aromatic carbocycles. The quantitative estimate of drug-likeness (QED) is 0.152. The first-order valence-electron chi connectivity index (χ1n) is 23.4. The third-order valence-electron chi connectivity index (χ3n) is 9.37. The third kappa shape index (κ3) is 18.0. The highest BCUT2D eigenvalue weighted by Crippen LogP contribution is 2.18. The van der Waals surface area contributed by atoms with Gasteiger partial charge in [-0.1, -0.05) is 166 Å². The van der Waals surface area contributed by atoms with Crippen molar-refractivity contribution >= 4 is 54.3 Å². The van der Waals surface area contributed by atoms with Gasteiger partial charge in [-0.2, -0.15) is 0 Å². The van der Waals surface area contributed by atoms with Crippen molar-refractivity contribution in [2.75, 3.05) is 0 Å². The number of fused-ring (bicyclic) bond motifs is 5. The molecule has 0 amide bonds. The Balaban J connectivity index is 0.000000387. The van der Waals surface area contributed by atoms with E-state index in [2.05, 4.69) is 138 Å². The average Bonchev–Trinajstić information content (AvgIpc) is 3.39. The van der Waals surface area contributed by atoms with Gasteiger partial charge < -0.3 is 0 Å². The molecule has 10 rings (SSSR count). The zero-order valence-electron chi connectivity index (χ0n) is 42.1. The van der Waals surface area contributed by atoms with E-state index < -0.39 is 0 Å². The lowest BCUT2D eigenvalue weighted by Gasteiger charge is -1.98. The number of para-hydroxylation sites is 2. The van der Waals surface area contributed by atoms with Crippen LogP contribution in [0.1, 0.15) is 97.1 Å². The van der Waals surface area contributed by atoms with Gasteiger partial charge in [0.2, 0.25) is 0 Å². The van der Waals surface area contributed by atoms with Gasteiger partial charge in [-0.15, -0.1) is 0 Å². The van der Waals surface area contributed by atoms with Crippen LogP contribution in [0.2, 0.25) is 0 Å². The lowest BCUT2D eigenvalue weighted by Crippen LogP contribution is -1.80. The molecule has 0 bridgehead atoms. The van der Waals surface area contributed by atoms with E-state index in [0.717, 1.165) is 16.6 Å². The Morgan fingerprint density at radius 3 is 1.31 bits per heavy atom. The largest absolute Gasteiger partial charge is 0.264 e. The molecule has 5 nitrogen and oxygen atoms in total. The van der Waals surface area contributed by atoms with Crippen molar-refractivity contribution in [3.05, 3.63) is 211 Å². The fraction of sp³-hybridized carbons (Fsp3) is 0.250. The molecule has 0 aliphatic rings. The Kier molecular flexibility index (Phi) is 29.1. The van der Waals surface area contributed by atoms with Gasteiger partial charge >= 0.3 is 0 Å². The molecule has 0 fully saturated rings. The number of aromatic nitrogens is 5. The summed E-state index contributed by atoms with van der Waals surface area (Å²) in [5.41, 5.74) is 9.67. The molecule has 5 heterocycles. The van der Waals surface area contributed by atoms with Gasteiger partial charge in [0.15, 0.2) is 0 Å². The van der Waals surface area contributed by atoms with Gasteiger partial charge in [-0.25, -0.2) is 0 Å². The summed E-state index contributed by atoms with van der Waals surface area (Å²) in [5.74, 6) is 0. The van der Waals surface area contributed by atoms with Gasteiger partial charge in [0.1, 0.15) is 0 Å². The zero-order valence-corrected chi connectivity index (χ0v) is 42.1. The van der Waals surface area contributed by atoms with Crippen molar-refractivity contribution < 1.29 is 0 Å². The number of hydrogen-bond acceptors (Lipinski definition) is 5. The van der Waals surface area contributed by atoms with E-state index >= 15 is 0 Å². The monoisotopic (exact) mass is 866 g/mol. The fourth-order valence-corrected chi connectivity index (χ4v) is 6.30. The highest BCUT2D eigenvalue weighted by atomic mass is 14.7. The van der Waals surface area contributed by atoms with Crippen LogP contribution in [-0.2, 0) is 0 Å². The van der Waals surface area contributed by atoms with Crippen LogP contribution >= 0.6 is 0 Å². The SMILES string of the molecule is CC.CC.CC.CC.CC.Cc1cccc2cccnc12.Cc1cccc2ccncc12.Cc1cccc2cnccc12.Cc1cccc2ncccc12.Cc1ccnc2ccccc12. The molecule has 0 saturated carbocycles. The van der Waals surface area contributed by atoms with Crippen molar-refractivity contribution in [2.24, 2.45) is 0 Å².